The number of carbonyl (C=O) groups excluding carboxylic acids is 1. The van der Waals surface area contributed by atoms with E-state index in [1.807, 2.05) is 30.7 Å². The number of nitrogens with zero attached hydrogens (tertiary/aromatic N) is 1. The molecule has 3 nitrogen and oxygen atoms in total. The van der Waals surface area contributed by atoms with Gasteiger partial charge in [0.2, 0.25) is 0 Å². The highest BCUT2D eigenvalue weighted by atomic mass is 79.9. The molecule has 1 unspecified atom stereocenters. The number of hydrogen-bond acceptors (Lipinski definition) is 2. The van der Waals surface area contributed by atoms with Crippen LogP contribution in [0.2, 0.25) is 0 Å². The quantitative estimate of drug-likeness (QED) is 0.681. The van der Waals surface area contributed by atoms with Gasteiger partial charge in [0.05, 0.1) is 0 Å². The second-order valence-corrected chi connectivity index (χ2v) is 5.70. The third-order valence-corrected chi connectivity index (χ3v) is 3.19. The van der Waals surface area contributed by atoms with Crippen molar-refractivity contribution in [2.75, 3.05) is 6.54 Å². The van der Waals surface area contributed by atoms with Crippen LogP contribution in [0.1, 0.15) is 40.5 Å². The van der Waals surface area contributed by atoms with E-state index in [9.17, 15) is 4.79 Å². The van der Waals surface area contributed by atoms with Gasteiger partial charge in [-0.25, -0.2) is 4.79 Å². The minimum absolute atomic E-state index is 0.200. The molecule has 0 aliphatic carbocycles. The van der Waals surface area contributed by atoms with Crippen LogP contribution in [0, 0.1) is 0 Å². The molecule has 0 bridgehead atoms. The van der Waals surface area contributed by atoms with Crippen LogP contribution in [0.15, 0.2) is 10.6 Å². The molecule has 0 spiro atoms. The summed E-state index contributed by atoms with van der Waals surface area (Å²) < 4.78 is 5.37. The molecule has 4 heteroatoms. The molecular weight excluding hydrogens is 270 g/mol. The zero-order valence-corrected chi connectivity index (χ0v) is 12.0. The van der Waals surface area contributed by atoms with E-state index in [4.69, 9.17) is 4.74 Å². The summed E-state index contributed by atoms with van der Waals surface area (Å²) >= 11 is 3.35. The Morgan fingerprint density at radius 2 is 2.19 bits per heavy atom. The maximum Gasteiger partial charge on any atom is 0.410 e. The van der Waals surface area contributed by atoms with E-state index in [2.05, 4.69) is 22.9 Å². The molecule has 92 valence electrons. The predicted octanol–water partition coefficient (Wildman–Crippen LogP) is 3.68. The number of carbonyl (C=O) groups is 1. The van der Waals surface area contributed by atoms with Gasteiger partial charge in [-0.15, -0.1) is 0 Å². The molecule has 1 fully saturated rings. The molecule has 1 rings (SSSR count). The van der Waals surface area contributed by atoms with Crippen molar-refractivity contribution in [1.29, 1.82) is 0 Å². The lowest BCUT2D eigenvalue weighted by atomic mass is 10.00. The number of amides is 1. The zero-order chi connectivity index (χ0) is 12.3. The molecule has 16 heavy (non-hydrogen) atoms. The van der Waals surface area contributed by atoms with E-state index in [-0.39, 0.29) is 12.1 Å². The summed E-state index contributed by atoms with van der Waals surface area (Å²) in [5.74, 6) is 0. The van der Waals surface area contributed by atoms with E-state index < -0.39 is 5.60 Å². The maximum atomic E-state index is 11.9. The van der Waals surface area contributed by atoms with E-state index in [0.717, 1.165) is 19.4 Å². The lowest BCUT2D eigenvalue weighted by Crippen LogP contribution is -2.45. The van der Waals surface area contributed by atoms with Crippen molar-refractivity contribution in [3.63, 3.8) is 0 Å². The van der Waals surface area contributed by atoms with Crippen molar-refractivity contribution in [3.05, 3.63) is 10.6 Å². The number of halogens is 1. The molecule has 1 saturated heterocycles. The molecule has 0 aromatic carbocycles. The van der Waals surface area contributed by atoms with Crippen molar-refractivity contribution < 1.29 is 9.53 Å². The number of piperidine rings is 1. The van der Waals surface area contributed by atoms with Crippen LogP contribution in [0.4, 0.5) is 4.79 Å². The topological polar surface area (TPSA) is 29.5 Å². The highest BCUT2D eigenvalue weighted by molar-refractivity contribution is 9.11. The van der Waals surface area contributed by atoms with E-state index in [1.165, 1.54) is 5.57 Å². The molecule has 1 amide bonds. The van der Waals surface area contributed by atoms with Crippen LogP contribution < -0.4 is 0 Å². The molecule has 1 aliphatic rings. The molecule has 1 atom stereocenters. The fraction of sp³-hybridized carbons (Fsp3) is 0.750. The Bertz CT molecular complexity index is 294. The minimum atomic E-state index is -0.414. The summed E-state index contributed by atoms with van der Waals surface area (Å²) in [5, 5.41) is 0. The van der Waals surface area contributed by atoms with Crippen LogP contribution in [0.25, 0.3) is 0 Å². The fourth-order valence-corrected chi connectivity index (χ4v) is 2.18. The highest BCUT2D eigenvalue weighted by Gasteiger charge is 2.29. The first kappa shape index (κ1) is 13.6. The van der Waals surface area contributed by atoms with E-state index in [1.54, 1.807) is 0 Å². The number of rotatable bonds is 0. The highest BCUT2D eigenvalue weighted by Crippen LogP contribution is 2.24. The van der Waals surface area contributed by atoms with Crippen LogP contribution in [0.3, 0.4) is 0 Å². The summed E-state index contributed by atoms with van der Waals surface area (Å²) in [7, 11) is 0. The van der Waals surface area contributed by atoms with Crippen molar-refractivity contribution >= 4 is 22.0 Å². The standard InChI is InChI=1S/C12H20BrNO2/c1-9-7-10(8-13)5-6-14(9)11(15)16-12(2,3)4/h8-9H,5-7H2,1-4H3/b10-8-. The Hall–Kier alpha value is -0.510. The van der Waals surface area contributed by atoms with Crippen molar-refractivity contribution in [1.82, 2.24) is 4.90 Å². The first-order chi connectivity index (χ1) is 7.33. The van der Waals surface area contributed by atoms with Crippen LogP contribution in [-0.4, -0.2) is 29.2 Å². The predicted molar refractivity (Wildman–Crippen MR) is 68.6 cm³/mol. The van der Waals surface area contributed by atoms with Gasteiger partial charge >= 0.3 is 6.09 Å². The Morgan fingerprint density at radius 1 is 1.56 bits per heavy atom. The Kier molecular flexibility index (Phi) is 4.42. The number of likely N-dealkylation sites (tertiary alicyclic amines) is 1. The first-order valence-electron chi connectivity index (χ1n) is 5.61. The second kappa shape index (κ2) is 5.21. The third-order valence-electron chi connectivity index (χ3n) is 2.55. The van der Waals surface area contributed by atoms with Gasteiger partial charge in [-0.2, -0.15) is 0 Å². The molecule has 1 aliphatic heterocycles. The van der Waals surface area contributed by atoms with E-state index in [0.29, 0.717) is 0 Å². The average molecular weight is 290 g/mol. The fourth-order valence-electron chi connectivity index (χ4n) is 1.77. The lowest BCUT2D eigenvalue weighted by molar-refractivity contribution is 0.0152. The van der Waals surface area contributed by atoms with Gasteiger partial charge < -0.3 is 9.64 Å². The third kappa shape index (κ3) is 3.81. The van der Waals surface area contributed by atoms with Crippen molar-refractivity contribution in [2.45, 2.75) is 52.2 Å². The Labute approximate surface area is 106 Å². The molecular formula is C12H20BrNO2. The minimum Gasteiger partial charge on any atom is -0.444 e. The first-order valence-corrected chi connectivity index (χ1v) is 6.53. The summed E-state index contributed by atoms with van der Waals surface area (Å²) in [6.45, 7) is 8.48. The molecule has 0 radical (unpaired) electrons. The summed E-state index contributed by atoms with van der Waals surface area (Å²) in [4.78, 5) is 15.7. The van der Waals surface area contributed by atoms with Gasteiger partial charge in [0, 0.05) is 12.6 Å². The molecule has 0 aromatic heterocycles. The molecule has 1 heterocycles. The van der Waals surface area contributed by atoms with Crippen LogP contribution in [-0.2, 0) is 4.74 Å². The normalized spacial score (nSPS) is 24.7. The van der Waals surface area contributed by atoms with Crippen LogP contribution in [0.5, 0.6) is 0 Å². The zero-order valence-electron chi connectivity index (χ0n) is 10.4. The number of hydrogen-bond donors (Lipinski definition) is 0. The van der Waals surface area contributed by atoms with Gasteiger partial charge in [0.15, 0.2) is 0 Å². The SMILES string of the molecule is CC1C/C(=C\Br)CCN1C(=O)OC(C)(C)C. The molecule has 0 N–H and O–H groups in total. The number of ether oxygens (including phenoxy) is 1. The van der Waals surface area contributed by atoms with Gasteiger partial charge in [-0.05, 0) is 45.5 Å². The Balaban J connectivity index is 2.59. The van der Waals surface area contributed by atoms with Gasteiger partial charge in [-0.1, -0.05) is 21.5 Å². The van der Waals surface area contributed by atoms with Crippen molar-refractivity contribution in [2.24, 2.45) is 0 Å². The monoisotopic (exact) mass is 289 g/mol. The maximum absolute atomic E-state index is 11.9. The second-order valence-electron chi connectivity index (χ2n) is 5.24. The smallest absolute Gasteiger partial charge is 0.410 e. The molecule has 0 saturated carbocycles. The lowest BCUT2D eigenvalue weighted by Gasteiger charge is -2.35. The Morgan fingerprint density at radius 3 is 2.62 bits per heavy atom. The van der Waals surface area contributed by atoms with Gasteiger partial charge in [0.1, 0.15) is 5.60 Å². The summed E-state index contributed by atoms with van der Waals surface area (Å²) in [6.07, 6.45) is 1.65. The van der Waals surface area contributed by atoms with Crippen molar-refractivity contribution in [3.8, 4) is 0 Å². The van der Waals surface area contributed by atoms with Crippen LogP contribution >= 0.6 is 15.9 Å². The summed E-state index contributed by atoms with van der Waals surface area (Å²) in [6, 6.07) is 0.215. The largest absolute Gasteiger partial charge is 0.444 e. The van der Waals surface area contributed by atoms with Gasteiger partial charge in [0.25, 0.3) is 0 Å². The van der Waals surface area contributed by atoms with E-state index >= 15 is 0 Å². The molecule has 0 aromatic rings. The van der Waals surface area contributed by atoms with Gasteiger partial charge in [-0.3, -0.25) is 0 Å². The summed E-state index contributed by atoms with van der Waals surface area (Å²) in [5.41, 5.74) is 0.940. The average Bonchev–Trinajstić information content (AvgIpc) is 2.14.